The Bertz CT molecular complexity index is 926. The van der Waals surface area contributed by atoms with E-state index in [-0.39, 0.29) is 5.76 Å². The third-order valence-corrected chi connectivity index (χ3v) is 3.57. The summed E-state index contributed by atoms with van der Waals surface area (Å²) >= 11 is 0. The first-order valence-electron chi connectivity index (χ1n) is 5.82. The van der Waals surface area contributed by atoms with Gasteiger partial charge in [0.2, 0.25) is 5.09 Å². The smallest absolute Gasteiger partial charge is 0.292 e. The number of fused-ring (bicyclic) bond motifs is 1. The molecule has 0 unspecified atom stereocenters. The Hall–Kier alpha value is -2.65. The van der Waals surface area contributed by atoms with Crippen LogP contribution in [0, 0.1) is 0 Å². The first-order chi connectivity index (χ1) is 9.95. The summed E-state index contributed by atoms with van der Waals surface area (Å²) in [7, 11) is -3.98. The summed E-state index contributed by atoms with van der Waals surface area (Å²) in [5.41, 5.74) is 0.762. The van der Waals surface area contributed by atoms with Crippen LogP contribution in [-0.2, 0) is 10.0 Å². The van der Waals surface area contributed by atoms with Crippen molar-refractivity contribution in [2.45, 2.75) is 5.09 Å². The van der Waals surface area contributed by atoms with Gasteiger partial charge >= 0.3 is 0 Å². The number of aromatic nitrogens is 2. The van der Waals surface area contributed by atoms with Gasteiger partial charge in [-0.05, 0) is 24.3 Å². The van der Waals surface area contributed by atoms with E-state index in [1.807, 2.05) is 12.1 Å². The molecule has 1 amide bonds. The molecule has 0 atom stereocenters. The zero-order valence-corrected chi connectivity index (χ0v) is 11.3. The van der Waals surface area contributed by atoms with Crippen LogP contribution >= 0.6 is 0 Å². The molecule has 0 aliphatic carbocycles. The Kier molecular flexibility index (Phi) is 3.00. The fraction of sp³-hybridized carbons (Fsp3) is 0. The predicted molar refractivity (Wildman–Crippen MR) is 74.1 cm³/mol. The van der Waals surface area contributed by atoms with E-state index in [1.165, 1.54) is 6.07 Å². The quantitative estimate of drug-likeness (QED) is 0.665. The van der Waals surface area contributed by atoms with Gasteiger partial charge in [0.25, 0.3) is 15.9 Å². The molecule has 21 heavy (non-hydrogen) atoms. The van der Waals surface area contributed by atoms with Gasteiger partial charge in [-0.1, -0.05) is 12.1 Å². The van der Waals surface area contributed by atoms with Gasteiger partial charge in [0.1, 0.15) is 0 Å². The molecule has 0 radical (unpaired) electrons. The van der Waals surface area contributed by atoms with E-state index >= 15 is 0 Å². The normalized spacial score (nSPS) is 11.7. The Morgan fingerprint density at radius 1 is 1.24 bits per heavy atom. The fourth-order valence-electron chi connectivity index (χ4n) is 1.82. The molecular formula is C12H10N4O4S. The van der Waals surface area contributed by atoms with Gasteiger partial charge in [0.05, 0.1) is 5.52 Å². The van der Waals surface area contributed by atoms with Gasteiger partial charge in [0, 0.05) is 5.39 Å². The van der Waals surface area contributed by atoms with E-state index < -0.39 is 21.0 Å². The molecule has 8 nitrogen and oxygen atoms in total. The zero-order valence-electron chi connectivity index (χ0n) is 10.5. The molecular weight excluding hydrogens is 296 g/mol. The van der Waals surface area contributed by atoms with Crippen LogP contribution in [0.1, 0.15) is 10.6 Å². The number of hydrogen-bond acceptors (Lipinski definition) is 5. The molecule has 108 valence electrons. The van der Waals surface area contributed by atoms with Crippen LogP contribution in [0.5, 0.6) is 0 Å². The second-order valence-electron chi connectivity index (χ2n) is 4.24. The first-order valence-corrected chi connectivity index (χ1v) is 7.37. The maximum atomic E-state index is 12.0. The largest absolute Gasteiger partial charge is 0.438 e. The minimum Gasteiger partial charge on any atom is -0.438 e. The monoisotopic (exact) mass is 306 g/mol. The van der Waals surface area contributed by atoms with Crippen molar-refractivity contribution in [1.29, 1.82) is 0 Å². The molecule has 3 rings (SSSR count). The van der Waals surface area contributed by atoms with Crippen molar-refractivity contribution >= 4 is 32.7 Å². The number of para-hydroxylation sites is 1. The highest BCUT2D eigenvalue weighted by molar-refractivity contribution is 7.89. The number of benzene rings is 1. The topological polar surface area (TPSA) is 131 Å². The minimum absolute atomic E-state index is 0.175. The van der Waals surface area contributed by atoms with Crippen LogP contribution in [0.4, 0.5) is 5.82 Å². The number of nitrogens with one attached hydrogen (secondary N) is 2. The number of nitrogens with two attached hydrogens (primary N) is 1. The van der Waals surface area contributed by atoms with Gasteiger partial charge in [-0.25, -0.2) is 13.6 Å². The number of amides is 1. The van der Waals surface area contributed by atoms with Gasteiger partial charge in [-0.2, -0.15) is 5.10 Å². The fourth-order valence-corrected chi connectivity index (χ4v) is 2.29. The summed E-state index contributed by atoms with van der Waals surface area (Å²) in [5.74, 6) is -0.475. The second-order valence-corrected chi connectivity index (χ2v) is 5.73. The van der Waals surface area contributed by atoms with E-state index in [4.69, 9.17) is 9.56 Å². The van der Waals surface area contributed by atoms with E-state index in [1.54, 1.807) is 12.1 Å². The van der Waals surface area contributed by atoms with E-state index in [2.05, 4.69) is 15.5 Å². The number of rotatable bonds is 3. The molecule has 9 heteroatoms. The van der Waals surface area contributed by atoms with Gasteiger partial charge in [-0.3, -0.25) is 9.89 Å². The molecule has 0 bridgehead atoms. The van der Waals surface area contributed by atoms with Crippen LogP contribution in [0.2, 0.25) is 0 Å². The SMILES string of the molecule is NS(=O)(=O)c1ccc(C(=O)Nc2n[nH]c3ccccc23)o1. The Morgan fingerprint density at radius 2 is 2.00 bits per heavy atom. The van der Waals surface area contributed by atoms with E-state index in [0.29, 0.717) is 5.82 Å². The summed E-state index contributed by atoms with van der Waals surface area (Å²) in [5, 5.41) is 14.4. The van der Waals surface area contributed by atoms with Crippen LogP contribution < -0.4 is 10.5 Å². The molecule has 0 spiro atoms. The van der Waals surface area contributed by atoms with Crippen LogP contribution in [0.25, 0.3) is 10.9 Å². The molecule has 3 aromatic rings. The summed E-state index contributed by atoms with van der Waals surface area (Å²) in [6.07, 6.45) is 0. The minimum atomic E-state index is -3.98. The zero-order chi connectivity index (χ0) is 15.0. The summed E-state index contributed by atoms with van der Waals surface area (Å²) in [4.78, 5) is 12.0. The van der Waals surface area contributed by atoms with E-state index in [0.717, 1.165) is 17.0 Å². The average molecular weight is 306 g/mol. The number of sulfonamides is 1. The highest BCUT2D eigenvalue weighted by Gasteiger charge is 2.18. The Morgan fingerprint density at radius 3 is 2.71 bits per heavy atom. The van der Waals surface area contributed by atoms with Gasteiger partial charge < -0.3 is 9.73 Å². The average Bonchev–Trinajstić information content (AvgIpc) is 3.05. The molecule has 2 heterocycles. The molecule has 0 saturated heterocycles. The van der Waals surface area contributed by atoms with Crippen molar-refractivity contribution in [2.75, 3.05) is 5.32 Å². The van der Waals surface area contributed by atoms with Crippen molar-refractivity contribution in [3.8, 4) is 0 Å². The number of aromatic amines is 1. The Labute approximate surface area is 119 Å². The highest BCUT2D eigenvalue weighted by Crippen LogP contribution is 2.21. The van der Waals surface area contributed by atoms with Gasteiger partial charge in [0.15, 0.2) is 11.6 Å². The van der Waals surface area contributed by atoms with Crippen LogP contribution in [-0.4, -0.2) is 24.5 Å². The molecule has 0 aliphatic rings. The molecule has 4 N–H and O–H groups in total. The summed E-state index contributed by atoms with van der Waals surface area (Å²) < 4.78 is 27.1. The molecule has 2 aromatic heterocycles. The lowest BCUT2D eigenvalue weighted by Crippen LogP contribution is -2.13. The van der Waals surface area contributed by atoms with E-state index in [9.17, 15) is 13.2 Å². The van der Waals surface area contributed by atoms with Gasteiger partial charge in [-0.15, -0.1) is 0 Å². The lowest BCUT2D eigenvalue weighted by molar-refractivity contribution is 0.0991. The maximum absolute atomic E-state index is 12.0. The number of carbonyl (C=O) groups excluding carboxylic acids is 1. The standard InChI is InChI=1S/C12H10N4O4S/c13-21(18,19)10-6-5-9(20-10)12(17)14-11-7-3-1-2-4-8(7)15-16-11/h1-6H,(H2,13,18,19)(H2,14,15,16,17). The number of H-pyrrole nitrogens is 1. The van der Waals surface area contributed by atoms with Crippen molar-refractivity contribution in [1.82, 2.24) is 10.2 Å². The highest BCUT2D eigenvalue weighted by atomic mass is 32.2. The Balaban J connectivity index is 1.88. The molecule has 1 aromatic carbocycles. The molecule has 0 aliphatic heterocycles. The lowest BCUT2D eigenvalue weighted by atomic mass is 10.2. The molecule has 0 fully saturated rings. The summed E-state index contributed by atoms with van der Waals surface area (Å²) in [6, 6.07) is 9.57. The number of anilines is 1. The molecule has 0 saturated carbocycles. The number of nitrogens with zero attached hydrogens (tertiary/aromatic N) is 1. The number of hydrogen-bond donors (Lipinski definition) is 3. The number of furan rings is 1. The summed E-state index contributed by atoms with van der Waals surface area (Å²) in [6.45, 7) is 0. The van der Waals surface area contributed by atoms with Crippen LogP contribution in [0.3, 0.4) is 0 Å². The first kappa shape index (κ1) is 13.3. The second kappa shape index (κ2) is 4.72. The number of carbonyl (C=O) groups is 1. The maximum Gasteiger partial charge on any atom is 0.292 e. The van der Waals surface area contributed by atoms with Crippen LogP contribution in [0.15, 0.2) is 45.9 Å². The van der Waals surface area contributed by atoms with Crippen molar-refractivity contribution in [3.63, 3.8) is 0 Å². The third-order valence-electron chi connectivity index (χ3n) is 2.79. The van der Waals surface area contributed by atoms with Crippen molar-refractivity contribution in [2.24, 2.45) is 5.14 Å². The lowest BCUT2D eigenvalue weighted by Gasteiger charge is -1.99. The third kappa shape index (κ3) is 2.51. The number of primary sulfonamides is 1. The van der Waals surface area contributed by atoms with Crippen molar-refractivity contribution in [3.05, 3.63) is 42.2 Å². The van der Waals surface area contributed by atoms with Crippen molar-refractivity contribution < 1.29 is 17.6 Å². The predicted octanol–water partition coefficient (Wildman–Crippen LogP) is 1.06.